The molecular weight excluding hydrogens is 192 g/mol. The van der Waals surface area contributed by atoms with Crippen molar-refractivity contribution < 1.29 is 9.47 Å². The highest BCUT2D eigenvalue weighted by Crippen LogP contribution is 2.15. The maximum absolute atomic E-state index is 5.70. The summed E-state index contributed by atoms with van der Waals surface area (Å²) in [4.78, 5) is 2.49. The van der Waals surface area contributed by atoms with E-state index in [0.29, 0.717) is 19.3 Å². The smallest absolute Gasteiger partial charge is 0.0700 e. The Balaban J connectivity index is 1.95. The first kappa shape index (κ1) is 12.9. The quantitative estimate of drug-likeness (QED) is 0.599. The van der Waals surface area contributed by atoms with E-state index in [4.69, 9.17) is 15.2 Å². The molecule has 0 aliphatic carbocycles. The van der Waals surface area contributed by atoms with Crippen molar-refractivity contribution in [1.29, 1.82) is 0 Å². The largest absolute Gasteiger partial charge is 0.382 e. The van der Waals surface area contributed by atoms with Crippen LogP contribution in [0, 0.1) is 0 Å². The van der Waals surface area contributed by atoms with Crippen LogP contribution in [0.3, 0.4) is 0 Å². The number of methoxy groups -OCH3 is 1. The molecule has 1 unspecified atom stereocenters. The van der Waals surface area contributed by atoms with Crippen molar-refractivity contribution in [2.24, 2.45) is 5.73 Å². The second-order valence-corrected chi connectivity index (χ2v) is 4.03. The molecule has 0 aromatic carbocycles. The maximum atomic E-state index is 5.70. The van der Waals surface area contributed by atoms with Gasteiger partial charge in [-0.05, 0) is 25.8 Å². The molecule has 4 heteroatoms. The highest BCUT2D eigenvalue weighted by Gasteiger charge is 2.21. The molecular formula is C11H24N2O2. The SMILES string of the molecule is COCCOCCCN1CCCC1CN. The van der Waals surface area contributed by atoms with Crippen LogP contribution >= 0.6 is 0 Å². The van der Waals surface area contributed by atoms with E-state index in [2.05, 4.69) is 4.90 Å². The molecule has 0 saturated carbocycles. The van der Waals surface area contributed by atoms with Crippen LogP contribution in [0.15, 0.2) is 0 Å². The standard InChI is InChI=1S/C11H24N2O2/c1-14-8-9-15-7-3-6-13-5-2-4-11(13)10-12/h11H,2-10,12H2,1H3. The van der Waals surface area contributed by atoms with E-state index >= 15 is 0 Å². The fourth-order valence-electron chi connectivity index (χ4n) is 2.07. The number of hydrogen-bond donors (Lipinski definition) is 1. The van der Waals surface area contributed by atoms with Crippen LogP contribution in [0.1, 0.15) is 19.3 Å². The van der Waals surface area contributed by atoms with Crippen molar-refractivity contribution in [2.45, 2.75) is 25.3 Å². The van der Waals surface area contributed by atoms with Gasteiger partial charge in [-0.1, -0.05) is 0 Å². The van der Waals surface area contributed by atoms with Gasteiger partial charge in [0.2, 0.25) is 0 Å². The molecule has 1 aliphatic rings. The Morgan fingerprint density at radius 1 is 1.33 bits per heavy atom. The van der Waals surface area contributed by atoms with E-state index in [9.17, 15) is 0 Å². The molecule has 0 aromatic rings. The predicted octanol–water partition coefficient (Wildman–Crippen LogP) is 0.463. The van der Waals surface area contributed by atoms with Crippen molar-refractivity contribution in [3.8, 4) is 0 Å². The summed E-state index contributed by atoms with van der Waals surface area (Å²) < 4.78 is 10.3. The molecule has 2 N–H and O–H groups in total. The van der Waals surface area contributed by atoms with Gasteiger partial charge < -0.3 is 15.2 Å². The molecule has 1 fully saturated rings. The van der Waals surface area contributed by atoms with E-state index in [1.807, 2.05) is 0 Å². The van der Waals surface area contributed by atoms with Crippen molar-refractivity contribution in [1.82, 2.24) is 4.90 Å². The molecule has 1 aliphatic heterocycles. The number of rotatable bonds is 8. The Bertz CT molecular complexity index is 156. The average Bonchev–Trinajstić information content (AvgIpc) is 2.70. The van der Waals surface area contributed by atoms with Crippen molar-refractivity contribution in [3.63, 3.8) is 0 Å². The fourth-order valence-corrected chi connectivity index (χ4v) is 2.07. The fraction of sp³-hybridized carbons (Fsp3) is 1.00. The number of nitrogens with two attached hydrogens (primary N) is 1. The molecule has 1 rings (SSSR count). The van der Waals surface area contributed by atoms with Crippen molar-refractivity contribution in [2.75, 3.05) is 46.6 Å². The normalized spacial score (nSPS) is 22.4. The topological polar surface area (TPSA) is 47.7 Å². The minimum Gasteiger partial charge on any atom is -0.382 e. The average molecular weight is 216 g/mol. The van der Waals surface area contributed by atoms with Gasteiger partial charge in [0.1, 0.15) is 0 Å². The Morgan fingerprint density at radius 3 is 2.93 bits per heavy atom. The zero-order valence-electron chi connectivity index (χ0n) is 9.78. The summed E-state index contributed by atoms with van der Waals surface area (Å²) in [6.07, 6.45) is 3.66. The molecule has 4 nitrogen and oxygen atoms in total. The van der Waals surface area contributed by atoms with Gasteiger partial charge >= 0.3 is 0 Å². The molecule has 1 atom stereocenters. The lowest BCUT2D eigenvalue weighted by Gasteiger charge is -2.22. The van der Waals surface area contributed by atoms with Crippen LogP contribution in [0.2, 0.25) is 0 Å². The van der Waals surface area contributed by atoms with Gasteiger partial charge in [0.05, 0.1) is 13.2 Å². The summed E-state index contributed by atoms with van der Waals surface area (Å²) in [5.74, 6) is 0. The summed E-state index contributed by atoms with van der Waals surface area (Å²) in [5, 5.41) is 0. The van der Waals surface area contributed by atoms with Crippen LogP contribution in [-0.2, 0) is 9.47 Å². The Morgan fingerprint density at radius 2 is 2.20 bits per heavy atom. The summed E-state index contributed by atoms with van der Waals surface area (Å²) in [6.45, 7) is 5.35. The molecule has 0 spiro atoms. The molecule has 0 amide bonds. The van der Waals surface area contributed by atoms with Gasteiger partial charge in [0.15, 0.2) is 0 Å². The van der Waals surface area contributed by atoms with Crippen LogP contribution in [0.25, 0.3) is 0 Å². The van der Waals surface area contributed by atoms with Gasteiger partial charge in [-0.25, -0.2) is 0 Å². The van der Waals surface area contributed by atoms with E-state index < -0.39 is 0 Å². The monoisotopic (exact) mass is 216 g/mol. The molecule has 90 valence electrons. The first-order chi connectivity index (χ1) is 7.38. The number of nitrogens with zero attached hydrogens (tertiary/aromatic N) is 1. The van der Waals surface area contributed by atoms with Gasteiger partial charge in [0.25, 0.3) is 0 Å². The van der Waals surface area contributed by atoms with E-state index in [1.165, 1.54) is 19.4 Å². The van der Waals surface area contributed by atoms with Gasteiger partial charge in [-0.15, -0.1) is 0 Å². The maximum Gasteiger partial charge on any atom is 0.0700 e. The lowest BCUT2D eigenvalue weighted by Crippen LogP contribution is -2.36. The van der Waals surface area contributed by atoms with Gasteiger partial charge in [-0.2, -0.15) is 0 Å². The minimum absolute atomic E-state index is 0.615. The van der Waals surface area contributed by atoms with Crippen LogP contribution in [0.5, 0.6) is 0 Å². The van der Waals surface area contributed by atoms with Crippen LogP contribution in [-0.4, -0.2) is 57.5 Å². The molecule has 0 radical (unpaired) electrons. The van der Waals surface area contributed by atoms with Gasteiger partial charge in [0, 0.05) is 32.8 Å². The number of hydrogen-bond acceptors (Lipinski definition) is 4. The Kier molecular flexibility index (Phi) is 6.92. The highest BCUT2D eigenvalue weighted by molar-refractivity contribution is 4.79. The number of ether oxygens (including phenoxy) is 2. The van der Waals surface area contributed by atoms with Gasteiger partial charge in [-0.3, -0.25) is 4.90 Å². The first-order valence-corrected chi connectivity index (χ1v) is 5.89. The summed E-state index contributed by atoms with van der Waals surface area (Å²) in [7, 11) is 1.69. The third-order valence-corrected chi connectivity index (χ3v) is 2.94. The summed E-state index contributed by atoms with van der Waals surface area (Å²) in [5.41, 5.74) is 5.70. The Labute approximate surface area is 92.7 Å². The van der Waals surface area contributed by atoms with E-state index in [-0.39, 0.29) is 0 Å². The molecule has 1 heterocycles. The van der Waals surface area contributed by atoms with Crippen LogP contribution in [0.4, 0.5) is 0 Å². The molecule has 1 saturated heterocycles. The lowest BCUT2D eigenvalue weighted by atomic mass is 10.2. The highest BCUT2D eigenvalue weighted by atomic mass is 16.5. The lowest BCUT2D eigenvalue weighted by molar-refractivity contribution is 0.0647. The van der Waals surface area contributed by atoms with E-state index in [1.54, 1.807) is 7.11 Å². The van der Waals surface area contributed by atoms with E-state index in [0.717, 1.165) is 26.1 Å². The summed E-state index contributed by atoms with van der Waals surface area (Å²) >= 11 is 0. The van der Waals surface area contributed by atoms with Crippen molar-refractivity contribution >= 4 is 0 Å². The number of likely N-dealkylation sites (tertiary alicyclic amines) is 1. The minimum atomic E-state index is 0.615. The third-order valence-electron chi connectivity index (χ3n) is 2.94. The second-order valence-electron chi connectivity index (χ2n) is 4.03. The second kappa shape index (κ2) is 8.05. The Hall–Kier alpha value is -0.160. The van der Waals surface area contributed by atoms with Crippen LogP contribution < -0.4 is 5.73 Å². The molecule has 15 heavy (non-hydrogen) atoms. The third kappa shape index (κ3) is 4.93. The molecule has 0 aromatic heterocycles. The molecule has 0 bridgehead atoms. The zero-order chi connectivity index (χ0) is 10.9. The first-order valence-electron chi connectivity index (χ1n) is 5.89. The predicted molar refractivity (Wildman–Crippen MR) is 61.0 cm³/mol. The summed E-state index contributed by atoms with van der Waals surface area (Å²) in [6, 6.07) is 0.615. The zero-order valence-corrected chi connectivity index (χ0v) is 9.78. The van der Waals surface area contributed by atoms with Crippen molar-refractivity contribution in [3.05, 3.63) is 0 Å².